The number of halogens is 2. The van der Waals surface area contributed by atoms with Crippen LogP contribution in [0.2, 0.25) is 4.34 Å². The van der Waals surface area contributed by atoms with Gasteiger partial charge in [-0.25, -0.2) is 13.1 Å². The molecule has 1 aliphatic rings. The van der Waals surface area contributed by atoms with Gasteiger partial charge in [0.05, 0.1) is 4.34 Å². The molecular weight excluding hydrogens is 362 g/mol. The molecule has 2 rings (SSSR count). The standard InChI is InChI=1S/C10H13BrClNO3S2/c11-7-10(3-5-16-6-4-10)13-18(14,15)9-2-1-8(12)17-9/h1-2,13H,3-7H2. The van der Waals surface area contributed by atoms with E-state index in [0.717, 1.165) is 11.3 Å². The fourth-order valence-electron chi connectivity index (χ4n) is 1.80. The highest BCUT2D eigenvalue weighted by Gasteiger charge is 2.36. The smallest absolute Gasteiger partial charge is 0.250 e. The third-order valence-electron chi connectivity index (χ3n) is 2.87. The highest BCUT2D eigenvalue weighted by molar-refractivity contribution is 9.09. The number of sulfonamides is 1. The van der Waals surface area contributed by atoms with Gasteiger partial charge in [-0.3, -0.25) is 0 Å². The summed E-state index contributed by atoms with van der Waals surface area (Å²) in [7, 11) is -3.51. The summed E-state index contributed by atoms with van der Waals surface area (Å²) in [5, 5.41) is 0.571. The third-order valence-corrected chi connectivity index (χ3v) is 7.24. The van der Waals surface area contributed by atoms with Crippen molar-refractivity contribution in [2.75, 3.05) is 18.5 Å². The van der Waals surface area contributed by atoms with E-state index in [-0.39, 0.29) is 4.21 Å². The van der Waals surface area contributed by atoms with E-state index in [2.05, 4.69) is 20.7 Å². The number of thiophene rings is 1. The van der Waals surface area contributed by atoms with Crippen LogP contribution in [0.3, 0.4) is 0 Å². The van der Waals surface area contributed by atoms with Crippen LogP contribution in [0.1, 0.15) is 12.8 Å². The number of nitrogens with one attached hydrogen (secondary N) is 1. The van der Waals surface area contributed by atoms with Crippen LogP contribution in [0, 0.1) is 0 Å². The minimum absolute atomic E-state index is 0.249. The van der Waals surface area contributed by atoms with Gasteiger partial charge in [-0.2, -0.15) is 0 Å². The fourth-order valence-corrected chi connectivity index (χ4v) is 5.63. The molecule has 1 aliphatic heterocycles. The molecular formula is C10H13BrClNO3S2. The van der Waals surface area contributed by atoms with Gasteiger partial charge in [0.25, 0.3) is 10.0 Å². The number of ether oxygens (including phenoxy) is 1. The van der Waals surface area contributed by atoms with Crippen LogP contribution in [0.25, 0.3) is 0 Å². The van der Waals surface area contributed by atoms with Crippen LogP contribution in [0.15, 0.2) is 16.3 Å². The Bertz CT molecular complexity index is 511. The van der Waals surface area contributed by atoms with E-state index in [9.17, 15) is 8.42 Å². The zero-order valence-corrected chi connectivity index (χ0v) is 13.5. The molecule has 0 amide bonds. The SMILES string of the molecule is O=S(=O)(NC1(CBr)CCOCC1)c1ccc(Cl)s1. The maximum atomic E-state index is 12.3. The lowest BCUT2D eigenvalue weighted by Gasteiger charge is -2.35. The highest BCUT2D eigenvalue weighted by atomic mass is 79.9. The average Bonchev–Trinajstić information content (AvgIpc) is 2.77. The van der Waals surface area contributed by atoms with Crippen LogP contribution in [-0.4, -0.2) is 32.5 Å². The van der Waals surface area contributed by atoms with E-state index in [0.29, 0.717) is 35.7 Å². The summed E-state index contributed by atoms with van der Waals surface area (Å²) < 4.78 is 33.3. The quantitative estimate of drug-likeness (QED) is 0.824. The number of hydrogen-bond donors (Lipinski definition) is 1. The number of hydrogen-bond acceptors (Lipinski definition) is 4. The van der Waals surface area contributed by atoms with Gasteiger partial charge < -0.3 is 4.74 Å². The van der Waals surface area contributed by atoms with Gasteiger partial charge >= 0.3 is 0 Å². The fraction of sp³-hybridized carbons (Fsp3) is 0.600. The summed E-state index contributed by atoms with van der Waals surface area (Å²) in [6.07, 6.45) is 1.33. The Hall–Kier alpha value is 0.340. The molecule has 1 aromatic heterocycles. The van der Waals surface area contributed by atoms with Crippen molar-refractivity contribution >= 4 is 48.9 Å². The van der Waals surface area contributed by atoms with Gasteiger partial charge in [0, 0.05) is 24.1 Å². The predicted molar refractivity (Wildman–Crippen MR) is 76.2 cm³/mol. The third kappa shape index (κ3) is 3.26. The Balaban J connectivity index is 2.21. The van der Waals surface area contributed by atoms with Crippen molar-refractivity contribution in [1.29, 1.82) is 0 Å². The summed E-state index contributed by atoms with van der Waals surface area (Å²) in [6.45, 7) is 1.14. The lowest BCUT2D eigenvalue weighted by atomic mass is 9.94. The van der Waals surface area contributed by atoms with Crippen LogP contribution >= 0.6 is 38.9 Å². The summed E-state index contributed by atoms with van der Waals surface area (Å²) in [6, 6.07) is 3.11. The van der Waals surface area contributed by atoms with Crippen molar-refractivity contribution in [2.45, 2.75) is 22.6 Å². The minimum atomic E-state index is -3.51. The van der Waals surface area contributed by atoms with E-state index in [1.807, 2.05) is 0 Å². The first-order chi connectivity index (χ1) is 8.47. The van der Waals surface area contributed by atoms with Crippen LogP contribution in [0.5, 0.6) is 0 Å². The molecule has 0 aromatic carbocycles. The van der Waals surface area contributed by atoms with Crippen LogP contribution < -0.4 is 4.72 Å². The largest absolute Gasteiger partial charge is 0.381 e. The molecule has 0 unspecified atom stereocenters. The number of alkyl halides is 1. The van der Waals surface area contributed by atoms with E-state index < -0.39 is 15.6 Å². The monoisotopic (exact) mass is 373 g/mol. The molecule has 4 nitrogen and oxygen atoms in total. The minimum Gasteiger partial charge on any atom is -0.381 e. The van der Waals surface area contributed by atoms with Gasteiger partial charge in [0.15, 0.2) is 0 Å². The van der Waals surface area contributed by atoms with E-state index in [1.165, 1.54) is 6.07 Å². The zero-order valence-electron chi connectivity index (χ0n) is 9.49. The highest BCUT2D eigenvalue weighted by Crippen LogP contribution is 2.29. The predicted octanol–water partition coefficient (Wildman–Crippen LogP) is 2.62. The second-order valence-electron chi connectivity index (χ2n) is 4.19. The summed E-state index contributed by atoms with van der Waals surface area (Å²) in [4.78, 5) is 0. The Labute approximate surface area is 124 Å². The van der Waals surface area contributed by atoms with E-state index in [4.69, 9.17) is 16.3 Å². The first kappa shape index (κ1) is 14.7. The van der Waals surface area contributed by atoms with Gasteiger partial charge in [0.1, 0.15) is 4.21 Å². The average molecular weight is 375 g/mol. The molecule has 1 fully saturated rings. The maximum absolute atomic E-state index is 12.3. The summed E-state index contributed by atoms with van der Waals surface area (Å²) in [5.74, 6) is 0. The second kappa shape index (κ2) is 5.76. The molecule has 0 aliphatic carbocycles. The molecule has 0 atom stereocenters. The molecule has 1 saturated heterocycles. The van der Waals surface area contributed by atoms with Crippen molar-refractivity contribution in [3.8, 4) is 0 Å². The summed E-state index contributed by atoms with van der Waals surface area (Å²) >= 11 is 10.2. The van der Waals surface area contributed by atoms with E-state index >= 15 is 0 Å². The van der Waals surface area contributed by atoms with Gasteiger partial charge in [-0.15, -0.1) is 11.3 Å². The Kier molecular flexibility index (Phi) is 4.72. The van der Waals surface area contributed by atoms with Crippen molar-refractivity contribution in [1.82, 2.24) is 4.72 Å². The maximum Gasteiger partial charge on any atom is 0.250 e. The van der Waals surface area contributed by atoms with Crippen molar-refractivity contribution in [3.05, 3.63) is 16.5 Å². The molecule has 8 heteroatoms. The molecule has 0 bridgehead atoms. The number of rotatable bonds is 4. The zero-order chi connectivity index (χ0) is 13.2. The first-order valence-corrected chi connectivity index (χ1v) is 9.20. The normalized spacial score (nSPS) is 19.9. The second-order valence-corrected chi connectivity index (χ2v) is 8.38. The summed E-state index contributed by atoms with van der Waals surface area (Å²) in [5.41, 5.74) is -0.465. The molecule has 1 aromatic rings. The van der Waals surface area contributed by atoms with Crippen molar-refractivity contribution in [3.63, 3.8) is 0 Å². The molecule has 0 spiro atoms. The Morgan fingerprint density at radius 2 is 2.11 bits per heavy atom. The van der Waals surface area contributed by atoms with Crippen LogP contribution in [-0.2, 0) is 14.8 Å². The Morgan fingerprint density at radius 3 is 2.61 bits per heavy atom. The molecule has 1 N–H and O–H groups in total. The van der Waals surface area contributed by atoms with Gasteiger partial charge in [0.2, 0.25) is 0 Å². The molecule has 0 radical (unpaired) electrons. The van der Waals surface area contributed by atoms with Crippen molar-refractivity contribution < 1.29 is 13.2 Å². The molecule has 102 valence electrons. The van der Waals surface area contributed by atoms with Gasteiger partial charge in [-0.05, 0) is 25.0 Å². The Morgan fingerprint density at radius 1 is 1.44 bits per heavy atom. The topological polar surface area (TPSA) is 55.4 Å². The lowest BCUT2D eigenvalue weighted by Crippen LogP contribution is -2.53. The lowest BCUT2D eigenvalue weighted by molar-refractivity contribution is 0.0557. The van der Waals surface area contributed by atoms with E-state index in [1.54, 1.807) is 6.07 Å². The van der Waals surface area contributed by atoms with Crippen LogP contribution in [0.4, 0.5) is 0 Å². The molecule has 2 heterocycles. The van der Waals surface area contributed by atoms with Gasteiger partial charge in [-0.1, -0.05) is 27.5 Å². The molecule has 0 saturated carbocycles. The first-order valence-electron chi connectivity index (χ1n) is 5.40. The van der Waals surface area contributed by atoms with Crippen molar-refractivity contribution in [2.24, 2.45) is 0 Å². The molecule has 18 heavy (non-hydrogen) atoms.